The number of allylic oxidation sites excluding steroid dienone is 4. The second-order valence-electron chi connectivity index (χ2n) is 7.75. The summed E-state index contributed by atoms with van der Waals surface area (Å²) in [4.78, 5) is 14.4. The Morgan fingerprint density at radius 3 is 1.71 bits per heavy atom. The fourth-order valence-electron chi connectivity index (χ4n) is 3.69. The summed E-state index contributed by atoms with van der Waals surface area (Å²) in [6, 6.07) is 27.1. The third-order valence-corrected chi connectivity index (χ3v) is 5.45. The van der Waals surface area contributed by atoms with Gasteiger partial charge in [0.05, 0.1) is 0 Å². The monoisotopic (exact) mass is 401 g/mol. The molecule has 5 rings (SSSR count). The molecule has 0 spiro atoms. The number of aryl methyl sites for hydroxylation is 1. The highest BCUT2D eigenvalue weighted by Gasteiger charge is 2.13. The summed E-state index contributed by atoms with van der Waals surface area (Å²) in [7, 11) is 0. The zero-order valence-corrected chi connectivity index (χ0v) is 17.5. The van der Waals surface area contributed by atoms with E-state index in [1.807, 2.05) is 30.3 Å². The second kappa shape index (κ2) is 8.49. The number of rotatable bonds is 4. The highest BCUT2D eigenvalue weighted by molar-refractivity contribution is 5.74. The lowest BCUT2D eigenvalue weighted by Gasteiger charge is -2.11. The minimum absolute atomic E-state index is 0.694. The number of hydrogen-bond acceptors (Lipinski definition) is 3. The SMILES string of the molecule is Cc1ccc(-c2ccc(-c3nc(C4=CCCC=C4)nc(-c4ccccc4)n3)cc2)cc1. The maximum atomic E-state index is 4.83. The molecular formula is C28H23N3. The van der Waals surface area contributed by atoms with Crippen molar-refractivity contribution in [2.45, 2.75) is 19.8 Å². The van der Waals surface area contributed by atoms with E-state index in [0.717, 1.165) is 35.4 Å². The molecule has 1 aliphatic carbocycles. The Hall–Kier alpha value is -3.85. The van der Waals surface area contributed by atoms with E-state index in [1.54, 1.807) is 0 Å². The predicted octanol–water partition coefficient (Wildman–Crippen LogP) is 6.91. The third kappa shape index (κ3) is 4.22. The van der Waals surface area contributed by atoms with Gasteiger partial charge in [-0.3, -0.25) is 0 Å². The van der Waals surface area contributed by atoms with Crippen LogP contribution in [0.15, 0.2) is 97.1 Å². The van der Waals surface area contributed by atoms with Crippen molar-refractivity contribution in [1.82, 2.24) is 15.0 Å². The van der Waals surface area contributed by atoms with Crippen LogP contribution in [0.25, 0.3) is 39.5 Å². The van der Waals surface area contributed by atoms with Crippen molar-refractivity contribution in [1.29, 1.82) is 0 Å². The second-order valence-corrected chi connectivity index (χ2v) is 7.75. The van der Waals surface area contributed by atoms with Gasteiger partial charge in [-0.1, -0.05) is 103 Å². The molecule has 1 aliphatic rings. The maximum absolute atomic E-state index is 4.83. The van der Waals surface area contributed by atoms with Crippen LogP contribution in [0.2, 0.25) is 0 Å². The first-order valence-corrected chi connectivity index (χ1v) is 10.6. The molecule has 0 saturated carbocycles. The van der Waals surface area contributed by atoms with Gasteiger partial charge in [-0.25, -0.2) is 15.0 Å². The molecule has 3 aromatic carbocycles. The molecule has 150 valence electrons. The summed E-state index contributed by atoms with van der Waals surface area (Å²) >= 11 is 0. The van der Waals surface area contributed by atoms with Crippen LogP contribution in [0.1, 0.15) is 24.2 Å². The van der Waals surface area contributed by atoms with E-state index < -0.39 is 0 Å². The molecule has 1 aromatic heterocycles. The number of hydrogen-bond donors (Lipinski definition) is 0. The summed E-state index contributed by atoms with van der Waals surface area (Å²) in [5.74, 6) is 2.12. The normalized spacial score (nSPS) is 13.1. The predicted molar refractivity (Wildman–Crippen MR) is 127 cm³/mol. The van der Waals surface area contributed by atoms with Crippen molar-refractivity contribution < 1.29 is 0 Å². The molecule has 0 bridgehead atoms. The zero-order valence-electron chi connectivity index (χ0n) is 17.5. The van der Waals surface area contributed by atoms with Crippen molar-refractivity contribution in [2.24, 2.45) is 0 Å². The number of benzene rings is 3. The lowest BCUT2D eigenvalue weighted by atomic mass is 10.0. The smallest absolute Gasteiger partial charge is 0.164 e. The quantitative estimate of drug-likeness (QED) is 0.373. The molecular weight excluding hydrogens is 378 g/mol. The standard InChI is InChI=1S/C28H23N3/c1-20-12-14-21(15-13-20)22-16-18-25(19-17-22)28-30-26(23-8-4-2-5-9-23)29-27(31-28)24-10-6-3-7-11-24/h2,4-6,8-19H,3,7H2,1H3. The van der Waals surface area contributed by atoms with Gasteiger partial charge in [0, 0.05) is 16.7 Å². The van der Waals surface area contributed by atoms with Gasteiger partial charge in [-0.05, 0) is 30.9 Å². The van der Waals surface area contributed by atoms with E-state index in [9.17, 15) is 0 Å². The maximum Gasteiger partial charge on any atom is 0.164 e. The summed E-state index contributed by atoms with van der Waals surface area (Å²) in [6.07, 6.45) is 8.57. The van der Waals surface area contributed by atoms with Crippen molar-refractivity contribution in [2.75, 3.05) is 0 Å². The van der Waals surface area contributed by atoms with Gasteiger partial charge < -0.3 is 0 Å². The molecule has 1 heterocycles. The Kier molecular flexibility index (Phi) is 5.24. The van der Waals surface area contributed by atoms with Crippen molar-refractivity contribution >= 4 is 5.57 Å². The van der Waals surface area contributed by atoms with E-state index in [2.05, 4.69) is 73.7 Å². The molecule has 0 unspecified atom stereocenters. The van der Waals surface area contributed by atoms with Crippen LogP contribution < -0.4 is 0 Å². The van der Waals surface area contributed by atoms with Crippen LogP contribution in [0.5, 0.6) is 0 Å². The lowest BCUT2D eigenvalue weighted by Crippen LogP contribution is -2.03. The first kappa shape index (κ1) is 19.1. The van der Waals surface area contributed by atoms with Crippen LogP contribution >= 0.6 is 0 Å². The number of nitrogens with zero attached hydrogens (tertiary/aromatic N) is 3. The summed E-state index contributed by atoms with van der Waals surface area (Å²) in [6.45, 7) is 2.10. The first-order chi connectivity index (χ1) is 15.3. The van der Waals surface area contributed by atoms with E-state index >= 15 is 0 Å². The van der Waals surface area contributed by atoms with Gasteiger partial charge in [0.15, 0.2) is 17.5 Å². The summed E-state index contributed by atoms with van der Waals surface area (Å²) in [5, 5.41) is 0. The average molecular weight is 402 g/mol. The van der Waals surface area contributed by atoms with Crippen molar-refractivity contribution in [3.63, 3.8) is 0 Å². The fraction of sp³-hybridized carbons (Fsp3) is 0.107. The Labute approximate surface area is 182 Å². The third-order valence-electron chi connectivity index (χ3n) is 5.45. The van der Waals surface area contributed by atoms with Gasteiger partial charge in [0.25, 0.3) is 0 Å². The molecule has 0 radical (unpaired) electrons. The molecule has 0 N–H and O–H groups in total. The average Bonchev–Trinajstić information content (AvgIpc) is 2.85. The molecule has 0 saturated heterocycles. The van der Waals surface area contributed by atoms with Gasteiger partial charge in [-0.2, -0.15) is 0 Å². The molecule has 3 nitrogen and oxygen atoms in total. The highest BCUT2D eigenvalue weighted by atomic mass is 15.0. The largest absolute Gasteiger partial charge is 0.208 e. The van der Waals surface area contributed by atoms with Crippen LogP contribution in [-0.2, 0) is 0 Å². The van der Waals surface area contributed by atoms with E-state index in [0.29, 0.717) is 11.6 Å². The van der Waals surface area contributed by atoms with Crippen LogP contribution in [0.4, 0.5) is 0 Å². The van der Waals surface area contributed by atoms with E-state index in [4.69, 9.17) is 15.0 Å². The Morgan fingerprint density at radius 1 is 0.548 bits per heavy atom. The summed E-state index contributed by atoms with van der Waals surface area (Å²) < 4.78 is 0. The van der Waals surface area contributed by atoms with Gasteiger partial charge >= 0.3 is 0 Å². The van der Waals surface area contributed by atoms with E-state index in [-0.39, 0.29) is 0 Å². The van der Waals surface area contributed by atoms with Crippen LogP contribution in [-0.4, -0.2) is 15.0 Å². The fourth-order valence-corrected chi connectivity index (χ4v) is 3.69. The molecule has 0 atom stereocenters. The topological polar surface area (TPSA) is 38.7 Å². The summed E-state index contributed by atoms with van der Waals surface area (Å²) in [5.41, 5.74) is 6.68. The first-order valence-electron chi connectivity index (χ1n) is 10.6. The molecule has 0 amide bonds. The lowest BCUT2D eigenvalue weighted by molar-refractivity contribution is 1.01. The van der Waals surface area contributed by atoms with Gasteiger partial charge in [0.1, 0.15) is 0 Å². The van der Waals surface area contributed by atoms with Gasteiger partial charge in [0.2, 0.25) is 0 Å². The molecule has 4 aromatic rings. The Balaban J connectivity index is 1.57. The van der Waals surface area contributed by atoms with E-state index in [1.165, 1.54) is 16.7 Å². The van der Waals surface area contributed by atoms with Crippen LogP contribution in [0.3, 0.4) is 0 Å². The molecule has 0 aliphatic heterocycles. The Morgan fingerprint density at radius 2 is 1.10 bits per heavy atom. The number of aromatic nitrogens is 3. The minimum atomic E-state index is 0.694. The zero-order chi connectivity index (χ0) is 21.0. The Bertz CT molecular complexity index is 1250. The molecule has 3 heteroatoms. The van der Waals surface area contributed by atoms with Gasteiger partial charge in [-0.15, -0.1) is 0 Å². The van der Waals surface area contributed by atoms with Crippen LogP contribution in [0, 0.1) is 6.92 Å². The highest BCUT2D eigenvalue weighted by Crippen LogP contribution is 2.27. The molecule has 31 heavy (non-hydrogen) atoms. The minimum Gasteiger partial charge on any atom is -0.208 e. The van der Waals surface area contributed by atoms with Crippen molar-refractivity contribution in [3.05, 3.63) is 108 Å². The molecule has 0 fully saturated rings. The van der Waals surface area contributed by atoms with Crippen molar-refractivity contribution in [3.8, 4) is 33.9 Å².